The average Bonchev–Trinajstić information content (AvgIpc) is 3.03. The van der Waals surface area contributed by atoms with Gasteiger partial charge in [0.25, 0.3) is 0 Å². The second-order valence-corrected chi connectivity index (χ2v) is 3.04. The number of anilines is 1. The van der Waals surface area contributed by atoms with Gasteiger partial charge in [0.15, 0.2) is 0 Å². The van der Waals surface area contributed by atoms with Crippen LogP contribution in [0.15, 0.2) is 24.4 Å². The van der Waals surface area contributed by atoms with Gasteiger partial charge in [0.05, 0.1) is 0 Å². The monoisotopic (exact) mass is 178 g/mol. The van der Waals surface area contributed by atoms with E-state index in [4.69, 9.17) is 0 Å². The molecule has 1 fully saturated rings. The summed E-state index contributed by atoms with van der Waals surface area (Å²) in [5.41, 5.74) is 0. The van der Waals surface area contributed by atoms with Crippen LogP contribution in [-0.2, 0) is 0 Å². The lowest BCUT2D eigenvalue weighted by molar-refractivity contribution is 0.883. The molecule has 1 saturated carbocycles. The largest absolute Gasteiger partial charge is 0.370 e. The maximum atomic E-state index is 4.17. The zero-order chi connectivity index (χ0) is 9.52. The molecule has 0 unspecified atom stereocenters. The van der Waals surface area contributed by atoms with Gasteiger partial charge in [-0.25, -0.2) is 4.98 Å². The number of aromatic nitrogens is 1. The minimum absolute atomic E-state index is 0.914. The number of pyridine rings is 1. The maximum Gasteiger partial charge on any atom is 0.125 e. The van der Waals surface area contributed by atoms with Gasteiger partial charge in [-0.1, -0.05) is 19.9 Å². The zero-order valence-corrected chi connectivity index (χ0v) is 8.46. The maximum absolute atomic E-state index is 4.17. The van der Waals surface area contributed by atoms with E-state index in [9.17, 15) is 0 Å². The third kappa shape index (κ3) is 3.92. The SMILES string of the molecule is CC.c1ccc(NCC2CC2)nc1. The fraction of sp³-hybridized carbons (Fsp3) is 0.545. The van der Waals surface area contributed by atoms with E-state index in [2.05, 4.69) is 10.3 Å². The van der Waals surface area contributed by atoms with Crippen molar-refractivity contribution in [3.63, 3.8) is 0 Å². The first-order chi connectivity index (χ1) is 6.45. The smallest absolute Gasteiger partial charge is 0.125 e. The molecule has 72 valence electrons. The molecule has 2 nitrogen and oxygen atoms in total. The van der Waals surface area contributed by atoms with Crippen molar-refractivity contribution < 1.29 is 0 Å². The number of nitrogens with zero attached hydrogens (tertiary/aromatic N) is 1. The summed E-state index contributed by atoms with van der Waals surface area (Å²) in [4.78, 5) is 4.17. The highest BCUT2D eigenvalue weighted by atomic mass is 15.0. The minimum Gasteiger partial charge on any atom is -0.370 e. The van der Waals surface area contributed by atoms with Crippen molar-refractivity contribution >= 4 is 5.82 Å². The summed E-state index contributed by atoms with van der Waals surface area (Å²) in [6.07, 6.45) is 4.59. The second-order valence-electron chi connectivity index (χ2n) is 3.04. The lowest BCUT2D eigenvalue weighted by Gasteiger charge is -2.01. The molecule has 0 aliphatic heterocycles. The van der Waals surface area contributed by atoms with E-state index >= 15 is 0 Å². The van der Waals surface area contributed by atoms with Gasteiger partial charge < -0.3 is 5.32 Å². The molecule has 2 rings (SSSR count). The minimum atomic E-state index is 0.914. The fourth-order valence-electron chi connectivity index (χ4n) is 1.04. The van der Waals surface area contributed by atoms with Gasteiger partial charge in [-0.2, -0.15) is 0 Å². The van der Waals surface area contributed by atoms with Crippen LogP contribution in [0.4, 0.5) is 5.82 Å². The lowest BCUT2D eigenvalue weighted by Crippen LogP contribution is -2.03. The van der Waals surface area contributed by atoms with Gasteiger partial charge in [-0.3, -0.25) is 0 Å². The first kappa shape index (κ1) is 10.0. The van der Waals surface area contributed by atoms with E-state index < -0.39 is 0 Å². The third-order valence-corrected chi connectivity index (χ3v) is 1.93. The zero-order valence-electron chi connectivity index (χ0n) is 8.46. The van der Waals surface area contributed by atoms with Crippen LogP contribution in [0.3, 0.4) is 0 Å². The molecule has 2 heteroatoms. The molecule has 0 radical (unpaired) electrons. The number of hydrogen-bond donors (Lipinski definition) is 1. The number of nitrogens with one attached hydrogen (secondary N) is 1. The molecule has 0 bridgehead atoms. The Kier molecular flexibility index (Phi) is 4.30. The lowest BCUT2D eigenvalue weighted by atomic mass is 10.4. The van der Waals surface area contributed by atoms with Crippen LogP contribution >= 0.6 is 0 Å². The molecule has 1 N–H and O–H groups in total. The van der Waals surface area contributed by atoms with Crippen LogP contribution in [0.2, 0.25) is 0 Å². The summed E-state index contributed by atoms with van der Waals surface area (Å²) in [7, 11) is 0. The Hall–Kier alpha value is -1.05. The van der Waals surface area contributed by atoms with Gasteiger partial charge in [-0.05, 0) is 30.9 Å². The summed E-state index contributed by atoms with van der Waals surface area (Å²) in [5.74, 6) is 1.91. The fourth-order valence-corrected chi connectivity index (χ4v) is 1.04. The summed E-state index contributed by atoms with van der Waals surface area (Å²) in [6.45, 7) is 5.09. The number of rotatable bonds is 3. The summed E-state index contributed by atoms with van der Waals surface area (Å²) in [5, 5.41) is 3.30. The van der Waals surface area contributed by atoms with Crippen molar-refractivity contribution in [1.82, 2.24) is 4.98 Å². The van der Waals surface area contributed by atoms with Crippen molar-refractivity contribution in [2.75, 3.05) is 11.9 Å². The van der Waals surface area contributed by atoms with E-state index in [0.717, 1.165) is 18.3 Å². The first-order valence-corrected chi connectivity index (χ1v) is 5.10. The predicted octanol–water partition coefficient (Wildman–Crippen LogP) is 2.93. The first-order valence-electron chi connectivity index (χ1n) is 5.10. The van der Waals surface area contributed by atoms with E-state index in [0.29, 0.717) is 0 Å². The van der Waals surface area contributed by atoms with Crippen LogP contribution in [0, 0.1) is 5.92 Å². The van der Waals surface area contributed by atoms with Gasteiger partial charge in [0.2, 0.25) is 0 Å². The van der Waals surface area contributed by atoms with Crippen LogP contribution in [0.5, 0.6) is 0 Å². The molecule has 0 aromatic carbocycles. The van der Waals surface area contributed by atoms with E-state index in [1.54, 1.807) is 0 Å². The molecule has 0 atom stereocenters. The summed E-state index contributed by atoms with van der Waals surface area (Å²) in [6, 6.07) is 5.94. The van der Waals surface area contributed by atoms with Gasteiger partial charge in [0, 0.05) is 12.7 Å². The number of hydrogen-bond acceptors (Lipinski definition) is 2. The Morgan fingerprint density at radius 3 is 2.69 bits per heavy atom. The molecule has 0 amide bonds. The van der Waals surface area contributed by atoms with E-state index in [-0.39, 0.29) is 0 Å². The normalized spacial score (nSPS) is 14.3. The van der Waals surface area contributed by atoms with Crippen molar-refractivity contribution in [3.8, 4) is 0 Å². The topological polar surface area (TPSA) is 24.9 Å². The highest BCUT2D eigenvalue weighted by molar-refractivity contribution is 5.33. The predicted molar refractivity (Wildman–Crippen MR) is 56.8 cm³/mol. The Balaban J connectivity index is 0.000000396. The van der Waals surface area contributed by atoms with E-state index in [1.807, 2.05) is 38.2 Å². The van der Waals surface area contributed by atoms with Crippen molar-refractivity contribution in [2.24, 2.45) is 5.92 Å². The summed E-state index contributed by atoms with van der Waals surface area (Å²) < 4.78 is 0. The Bertz CT molecular complexity index is 217. The van der Waals surface area contributed by atoms with Crippen LogP contribution < -0.4 is 5.32 Å². The van der Waals surface area contributed by atoms with Crippen molar-refractivity contribution in [2.45, 2.75) is 26.7 Å². The molecule has 1 aliphatic rings. The van der Waals surface area contributed by atoms with Crippen LogP contribution in [0.1, 0.15) is 26.7 Å². The quantitative estimate of drug-likeness (QED) is 0.769. The molecule has 0 spiro atoms. The molecule has 1 aliphatic carbocycles. The molecular weight excluding hydrogens is 160 g/mol. The van der Waals surface area contributed by atoms with Crippen LogP contribution in [-0.4, -0.2) is 11.5 Å². The van der Waals surface area contributed by atoms with Crippen molar-refractivity contribution in [3.05, 3.63) is 24.4 Å². The standard InChI is InChI=1S/C9H12N2.C2H6/c1-2-6-10-9(3-1)11-7-8-4-5-8;1-2/h1-3,6,8H,4-5,7H2,(H,10,11);1-2H3. The van der Waals surface area contributed by atoms with Gasteiger partial charge in [0.1, 0.15) is 5.82 Å². The van der Waals surface area contributed by atoms with Gasteiger partial charge in [-0.15, -0.1) is 0 Å². The van der Waals surface area contributed by atoms with Crippen molar-refractivity contribution in [1.29, 1.82) is 0 Å². The Morgan fingerprint density at radius 2 is 2.15 bits per heavy atom. The Morgan fingerprint density at radius 1 is 1.38 bits per heavy atom. The molecule has 1 aromatic rings. The Labute approximate surface area is 80.4 Å². The third-order valence-electron chi connectivity index (χ3n) is 1.93. The van der Waals surface area contributed by atoms with Gasteiger partial charge >= 0.3 is 0 Å². The molecule has 13 heavy (non-hydrogen) atoms. The summed E-state index contributed by atoms with van der Waals surface area (Å²) >= 11 is 0. The van der Waals surface area contributed by atoms with E-state index in [1.165, 1.54) is 12.8 Å². The molecule has 0 saturated heterocycles. The molecule has 1 heterocycles. The molecular formula is C11H18N2. The molecule has 1 aromatic heterocycles. The highest BCUT2D eigenvalue weighted by Crippen LogP contribution is 2.28. The second kappa shape index (κ2) is 5.57. The van der Waals surface area contributed by atoms with Crippen LogP contribution in [0.25, 0.3) is 0 Å². The highest BCUT2D eigenvalue weighted by Gasteiger charge is 2.20. The average molecular weight is 178 g/mol.